The number of carbonyl (C=O) groups is 3. The number of hydrogen-bond acceptors (Lipinski definition) is 8. The quantitative estimate of drug-likeness (QED) is 0.475. The lowest BCUT2D eigenvalue weighted by atomic mass is 10.1. The molecule has 0 radical (unpaired) electrons. The second-order valence-corrected chi connectivity index (χ2v) is 7.67. The first kappa shape index (κ1) is 22.6. The Hall–Kier alpha value is -2.07. The van der Waals surface area contributed by atoms with E-state index >= 15 is 0 Å². The van der Waals surface area contributed by atoms with Crippen molar-refractivity contribution in [2.24, 2.45) is 0 Å². The van der Waals surface area contributed by atoms with Crippen molar-refractivity contribution < 1.29 is 33.3 Å². The predicted octanol–water partition coefficient (Wildman–Crippen LogP) is 3.32. The molecule has 1 aliphatic heterocycles. The summed E-state index contributed by atoms with van der Waals surface area (Å²) in [6.45, 7) is 3.38. The summed E-state index contributed by atoms with van der Waals surface area (Å²) in [7, 11) is 0. The molecule has 1 saturated heterocycles. The van der Waals surface area contributed by atoms with Gasteiger partial charge in [-0.15, -0.1) is 0 Å². The summed E-state index contributed by atoms with van der Waals surface area (Å²) in [5, 5.41) is 0.525. The van der Waals surface area contributed by atoms with Crippen molar-refractivity contribution in [3.63, 3.8) is 0 Å². The van der Waals surface area contributed by atoms with Crippen LogP contribution in [0.15, 0.2) is 12.1 Å². The molecule has 0 amide bonds. The van der Waals surface area contributed by atoms with E-state index in [4.69, 9.17) is 53.8 Å². The number of hydrogen-bond donors (Lipinski definition) is 0. The zero-order chi connectivity index (χ0) is 22.2. The molecule has 0 aliphatic carbocycles. The van der Waals surface area contributed by atoms with Crippen LogP contribution in [0.25, 0.3) is 11.0 Å². The second-order valence-electron chi connectivity index (χ2n) is 6.52. The van der Waals surface area contributed by atoms with Gasteiger partial charge < -0.3 is 18.9 Å². The van der Waals surface area contributed by atoms with E-state index < -0.39 is 42.4 Å². The van der Waals surface area contributed by atoms with Crippen LogP contribution >= 0.6 is 34.8 Å². The Morgan fingerprint density at radius 3 is 2.20 bits per heavy atom. The first-order valence-electron chi connectivity index (χ1n) is 8.74. The fourth-order valence-corrected chi connectivity index (χ4v) is 3.80. The molecule has 4 atom stereocenters. The van der Waals surface area contributed by atoms with E-state index in [0.717, 1.165) is 0 Å². The highest BCUT2D eigenvalue weighted by atomic mass is 35.5. The molecule has 30 heavy (non-hydrogen) atoms. The van der Waals surface area contributed by atoms with E-state index in [0.29, 0.717) is 11.0 Å². The van der Waals surface area contributed by atoms with Gasteiger partial charge in [-0.3, -0.25) is 19.0 Å². The molecule has 0 N–H and O–H groups in total. The number of benzene rings is 1. The summed E-state index contributed by atoms with van der Waals surface area (Å²) >= 11 is 18.5. The van der Waals surface area contributed by atoms with Gasteiger partial charge in [0.15, 0.2) is 18.4 Å². The molecule has 2 aromatic rings. The second kappa shape index (κ2) is 8.97. The van der Waals surface area contributed by atoms with Gasteiger partial charge in [-0.1, -0.05) is 23.2 Å². The number of carbonyl (C=O) groups excluding carboxylic acids is 3. The summed E-state index contributed by atoms with van der Waals surface area (Å²) in [6, 6.07) is 3.06. The number of ether oxygens (including phenoxy) is 4. The molecule has 1 aromatic carbocycles. The van der Waals surface area contributed by atoms with E-state index in [9.17, 15) is 14.4 Å². The van der Waals surface area contributed by atoms with Gasteiger partial charge in [0.25, 0.3) is 0 Å². The number of halogens is 3. The first-order valence-corrected chi connectivity index (χ1v) is 9.87. The van der Waals surface area contributed by atoms with Crippen molar-refractivity contribution in [3.05, 3.63) is 27.5 Å². The lowest BCUT2D eigenvalue weighted by Gasteiger charge is -2.24. The van der Waals surface area contributed by atoms with E-state index in [1.165, 1.54) is 37.5 Å². The minimum absolute atomic E-state index is 0.000182. The Kier molecular flexibility index (Phi) is 6.76. The average Bonchev–Trinajstić information content (AvgIpc) is 3.10. The maximum absolute atomic E-state index is 11.8. The van der Waals surface area contributed by atoms with Crippen molar-refractivity contribution in [1.29, 1.82) is 0 Å². The van der Waals surface area contributed by atoms with Crippen molar-refractivity contribution in [1.82, 2.24) is 9.55 Å². The van der Waals surface area contributed by atoms with E-state index in [1.807, 2.05) is 0 Å². The highest BCUT2D eigenvalue weighted by Gasteiger charge is 2.51. The normalized spacial score (nSPS) is 23.4. The molecular weight excluding hydrogens is 463 g/mol. The lowest BCUT2D eigenvalue weighted by Crippen LogP contribution is -2.40. The molecule has 1 aromatic heterocycles. The fourth-order valence-electron chi connectivity index (χ4n) is 3.20. The topological polar surface area (TPSA) is 106 Å². The molecule has 0 spiro atoms. The van der Waals surface area contributed by atoms with Crippen molar-refractivity contribution in [3.8, 4) is 0 Å². The third-order valence-electron chi connectivity index (χ3n) is 4.28. The molecule has 0 unspecified atom stereocenters. The summed E-state index contributed by atoms with van der Waals surface area (Å²) in [5.74, 6) is -1.83. The minimum atomic E-state index is -1.10. The monoisotopic (exact) mass is 478 g/mol. The first-order chi connectivity index (χ1) is 14.1. The van der Waals surface area contributed by atoms with Crippen LogP contribution in [-0.2, 0) is 33.3 Å². The number of fused-ring (bicyclic) bond motifs is 1. The molecule has 0 saturated carbocycles. The average molecular weight is 480 g/mol. The van der Waals surface area contributed by atoms with Gasteiger partial charge >= 0.3 is 17.9 Å². The van der Waals surface area contributed by atoms with Crippen LogP contribution in [0, 0.1) is 0 Å². The SMILES string of the molecule is CC(=O)OC[C@@H]1O[C@@H](n2c(Cl)nc3cc(Cl)c(Cl)cc32)[C@H](OC(C)=O)[C@H]1OC(C)=O. The maximum Gasteiger partial charge on any atom is 0.303 e. The van der Waals surface area contributed by atoms with E-state index in [-0.39, 0.29) is 21.9 Å². The highest BCUT2D eigenvalue weighted by molar-refractivity contribution is 6.42. The lowest BCUT2D eigenvalue weighted by molar-refractivity contribution is -0.166. The molecule has 1 aliphatic rings. The highest BCUT2D eigenvalue weighted by Crippen LogP contribution is 2.39. The zero-order valence-electron chi connectivity index (χ0n) is 16.1. The Labute approximate surface area is 186 Å². The van der Waals surface area contributed by atoms with Crippen LogP contribution in [0.2, 0.25) is 15.3 Å². The Balaban J connectivity index is 2.09. The third kappa shape index (κ3) is 4.64. The van der Waals surface area contributed by atoms with Gasteiger partial charge in [-0.25, -0.2) is 4.98 Å². The Morgan fingerprint density at radius 2 is 1.60 bits per heavy atom. The van der Waals surface area contributed by atoms with Crippen LogP contribution in [0.5, 0.6) is 0 Å². The van der Waals surface area contributed by atoms with E-state index in [2.05, 4.69) is 4.98 Å². The minimum Gasteiger partial charge on any atom is -0.463 e. The molecule has 162 valence electrons. The Bertz CT molecular complexity index is 1010. The number of rotatable bonds is 5. The maximum atomic E-state index is 11.8. The summed E-state index contributed by atoms with van der Waals surface area (Å²) in [6.07, 6.45) is -4.14. The molecule has 3 rings (SSSR count). The van der Waals surface area contributed by atoms with Crippen molar-refractivity contribution in [2.75, 3.05) is 6.61 Å². The number of nitrogens with zero attached hydrogens (tertiary/aromatic N) is 2. The van der Waals surface area contributed by atoms with Crippen LogP contribution < -0.4 is 0 Å². The standard InChI is InChI=1S/C18H17Cl3N2O7/c1-7(24)27-6-14-15(28-8(2)25)16(29-9(3)26)17(30-14)23-13-5-11(20)10(19)4-12(13)22-18(23)21/h4-5,14-17H,6H2,1-3H3/t14-,15-,16+,17+/m0/s1. The molecule has 2 heterocycles. The van der Waals surface area contributed by atoms with Crippen LogP contribution in [0.4, 0.5) is 0 Å². The number of imidazole rings is 1. The Morgan fingerprint density at radius 1 is 1.00 bits per heavy atom. The fraction of sp³-hybridized carbons (Fsp3) is 0.444. The van der Waals surface area contributed by atoms with Crippen LogP contribution in [-0.4, -0.2) is 52.4 Å². The number of esters is 3. The van der Waals surface area contributed by atoms with Gasteiger partial charge in [0.05, 0.1) is 21.1 Å². The molecular formula is C18H17Cl3N2O7. The van der Waals surface area contributed by atoms with Crippen LogP contribution in [0.3, 0.4) is 0 Å². The molecule has 0 bridgehead atoms. The third-order valence-corrected chi connectivity index (χ3v) is 5.27. The molecule has 1 fully saturated rings. The van der Waals surface area contributed by atoms with E-state index in [1.54, 1.807) is 0 Å². The van der Waals surface area contributed by atoms with Gasteiger partial charge in [0.2, 0.25) is 5.28 Å². The number of aromatic nitrogens is 2. The largest absolute Gasteiger partial charge is 0.463 e. The summed E-state index contributed by atoms with van der Waals surface area (Å²) in [4.78, 5) is 38.9. The van der Waals surface area contributed by atoms with Gasteiger partial charge in [-0.05, 0) is 23.7 Å². The van der Waals surface area contributed by atoms with Crippen molar-refractivity contribution in [2.45, 2.75) is 45.3 Å². The molecule has 9 nitrogen and oxygen atoms in total. The summed E-state index contributed by atoms with van der Waals surface area (Å²) < 4.78 is 23.2. The van der Waals surface area contributed by atoms with Gasteiger partial charge in [0.1, 0.15) is 12.7 Å². The predicted molar refractivity (Wildman–Crippen MR) is 106 cm³/mol. The van der Waals surface area contributed by atoms with Crippen LogP contribution in [0.1, 0.15) is 27.0 Å². The van der Waals surface area contributed by atoms with Gasteiger partial charge in [-0.2, -0.15) is 0 Å². The zero-order valence-corrected chi connectivity index (χ0v) is 18.3. The molecule has 12 heteroatoms. The summed E-state index contributed by atoms with van der Waals surface area (Å²) in [5.41, 5.74) is 0.873. The smallest absolute Gasteiger partial charge is 0.303 e. The van der Waals surface area contributed by atoms with Crippen molar-refractivity contribution >= 4 is 63.7 Å². The van der Waals surface area contributed by atoms with Gasteiger partial charge in [0, 0.05) is 20.8 Å².